The van der Waals surface area contributed by atoms with E-state index in [-0.39, 0.29) is 12.2 Å². The van der Waals surface area contributed by atoms with Crippen molar-refractivity contribution < 1.29 is 4.79 Å². The van der Waals surface area contributed by atoms with Crippen LogP contribution in [0.25, 0.3) is 0 Å². The second-order valence-electron chi connectivity index (χ2n) is 8.57. The molecule has 1 aromatic carbocycles. The fourth-order valence-electron chi connectivity index (χ4n) is 3.85. The molecule has 0 amide bonds. The highest BCUT2D eigenvalue weighted by molar-refractivity contribution is 5.97. The van der Waals surface area contributed by atoms with Gasteiger partial charge in [-0.3, -0.25) is 4.79 Å². The Labute approximate surface area is 185 Å². The number of ketones is 1. The molecule has 0 unspecified atom stereocenters. The van der Waals surface area contributed by atoms with Gasteiger partial charge in [0.2, 0.25) is 0 Å². The van der Waals surface area contributed by atoms with Crippen LogP contribution in [0.5, 0.6) is 0 Å². The summed E-state index contributed by atoms with van der Waals surface area (Å²) in [5.74, 6) is -0.109. The van der Waals surface area contributed by atoms with E-state index >= 15 is 0 Å². The van der Waals surface area contributed by atoms with Crippen LogP contribution in [-0.4, -0.2) is 12.3 Å². The van der Waals surface area contributed by atoms with E-state index < -0.39 is 0 Å². The van der Waals surface area contributed by atoms with Crippen molar-refractivity contribution >= 4 is 11.5 Å². The molecule has 0 spiro atoms. The highest BCUT2D eigenvalue weighted by Gasteiger charge is 2.04. The second kappa shape index (κ2) is 19.2. The zero-order valence-electron chi connectivity index (χ0n) is 19.4. The zero-order chi connectivity index (χ0) is 21.7. The SMILES string of the molecule is CCCCCCCCCCCCCCCCCCNc1ccc(C(=O)CC#N)cc1. The fourth-order valence-corrected chi connectivity index (χ4v) is 3.85. The molecule has 0 saturated carbocycles. The molecule has 0 aromatic heterocycles. The smallest absolute Gasteiger partial charge is 0.176 e. The molecular formula is C27H44N2O. The molecule has 0 bridgehead atoms. The first-order valence-electron chi connectivity index (χ1n) is 12.5. The summed E-state index contributed by atoms with van der Waals surface area (Å²) in [5.41, 5.74) is 1.66. The number of benzene rings is 1. The fraction of sp³-hybridized carbons (Fsp3) is 0.704. The van der Waals surface area contributed by atoms with E-state index in [0.29, 0.717) is 5.56 Å². The third-order valence-corrected chi connectivity index (χ3v) is 5.81. The third kappa shape index (κ3) is 14.2. The molecule has 0 heterocycles. The highest BCUT2D eigenvalue weighted by Crippen LogP contribution is 2.14. The van der Waals surface area contributed by atoms with Crippen LogP contribution in [0, 0.1) is 11.3 Å². The van der Waals surface area contributed by atoms with E-state index in [9.17, 15) is 4.79 Å². The Hall–Kier alpha value is -1.82. The summed E-state index contributed by atoms with van der Waals surface area (Å²) in [5, 5.41) is 12.0. The normalized spacial score (nSPS) is 10.7. The van der Waals surface area contributed by atoms with E-state index in [1.807, 2.05) is 18.2 Å². The second-order valence-corrected chi connectivity index (χ2v) is 8.57. The van der Waals surface area contributed by atoms with E-state index in [0.717, 1.165) is 12.2 Å². The van der Waals surface area contributed by atoms with Gasteiger partial charge in [0, 0.05) is 17.8 Å². The first-order valence-corrected chi connectivity index (χ1v) is 12.5. The Bertz CT molecular complexity index is 574. The largest absolute Gasteiger partial charge is 0.385 e. The van der Waals surface area contributed by atoms with Crippen molar-refractivity contribution in [2.24, 2.45) is 0 Å². The van der Waals surface area contributed by atoms with Gasteiger partial charge >= 0.3 is 0 Å². The standard InChI is InChI=1S/C27H44N2O/c1-2-3-4-5-6-7-8-9-10-11-12-13-14-15-16-17-24-29-26-20-18-25(19-21-26)27(30)22-23-28/h18-21,29H,2-17,22,24H2,1H3. The summed E-state index contributed by atoms with van der Waals surface area (Å²) in [4.78, 5) is 11.6. The number of nitrogens with zero attached hydrogens (tertiary/aromatic N) is 1. The molecule has 168 valence electrons. The van der Waals surface area contributed by atoms with Crippen LogP contribution >= 0.6 is 0 Å². The minimum absolute atomic E-state index is 0.0496. The molecule has 0 radical (unpaired) electrons. The number of nitrogens with one attached hydrogen (secondary N) is 1. The molecule has 30 heavy (non-hydrogen) atoms. The lowest BCUT2D eigenvalue weighted by atomic mass is 10.0. The van der Waals surface area contributed by atoms with Crippen LogP contribution in [-0.2, 0) is 0 Å². The van der Waals surface area contributed by atoms with Gasteiger partial charge in [0.1, 0.15) is 0 Å². The lowest BCUT2D eigenvalue weighted by Gasteiger charge is -2.07. The van der Waals surface area contributed by atoms with Gasteiger partial charge in [0.15, 0.2) is 5.78 Å². The van der Waals surface area contributed by atoms with Crippen molar-refractivity contribution in [2.75, 3.05) is 11.9 Å². The molecule has 0 aliphatic heterocycles. The lowest BCUT2D eigenvalue weighted by molar-refractivity contribution is 0.0997. The van der Waals surface area contributed by atoms with Crippen molar-refractivity contribution in [2.45, 2.75) is 116 Å². The number of unbranched alkanes of at least 4 members (excludes halogenated alkanes) is 15. The lowest BCUT2D eigenvalue weighted by Crippen LogP contribution is -2.02. The molecule has 0 atom stereocenters. The maximum absolute atomic E-state index is 11.6. The van der Waals surface area contributed by atoms with Crippen LogP contribution in [0.3, 0.4) is 0 Å². The molecule has 1 rings (SSSR count). The van der Waals surface area contributed by atoms with Crippen LogP contribution in [0.2, 0.25) is 0 Å². The van der Waals surface area contributed by atoms with Gasteiger partial charge in [-0.05, 0) is 30.7 Å². The van der Waals surface area contributed by atoms with E-state index in [4.69, 9.17) is 5.26 Å². The first-order chi connectivity index (χ1) is 14.8. The molecule has 0 fully saturated rings. The topological polar surface area (TPSA) is 52.9 Å². The minimum atomic E-state index is -0.109. The Balaban J connectivity index is 1.85. The van der Waals surface area contributed by atoms with Crippen LogP contribution in [0.1, 0.15) is 126 Å². The molecule has 1 N–H and O–H groups in total. The number of hydrogen-bond donors (Lipinski definition) is 1. The van der Waals surface area contributed by atoms with Crippen LogP contribution in [0.15, 0.2) is 24.3 Å². The van der Waals surface area contributed by atoms with Gasteiger partial charge in [-0.15, -0.1) is 0 Å². The molecular weight excluding hydrogens is 368 g/mol. The van der Waals surface area contributed by atoms with E-state index in [2.05, 4.69) is 12.2 Å². The molecule has 0 aliphatic rings. The summed E-state index contributed by atoms with van der Waals surface area (Å²) in [6, 6.07) is 9.36. The van der Waals surface area contributed by atoms with E-state index in [1.165, 1.54) is 103 Å². The average molecular weight is 413 g/mol. The van der Waals surface area contributed by atoms with Crippen molar-refractivity contribution in [3.63, 3.8) is 0 Å². The van der Waals surface area contributed by atoms with E-state index in [1.54, 1.807) is 12.1 Å². The Kier molecular flexibility index (Phi) is 16.7. The molecule has 1 aromatic rings. The number of anilines is 1. The predicted molar refractivity (Wildman–Crippen MR) is 129 cm³/mol. The van der Waals surface area contributed by atoms with Gasteiger partial charge in [0.05, 0.1) is 12.5 Å². The Morgan fingerprint density at radius 3 is 1.60 bits per heavy atom. The maximum Gasteiger partial charge on any atom is 0.176 e. The van der Waals surface area contributed by atoms with Gasteiger partial charge in [0.25, 0.3) is 0 Å². The number of nitriles is 1. The number of carbonyl (C=O) groups is 1. The van der Waals surface area contributed by atoms with Gasteiger partial charge < -0.3 is 5.32 Å². The minimum Gasteiger partial charge on any atom is -0.385 e. The Morgan fingerprint density at radius 2 is 1.17 bits per heavy atom. The molecule has 0 aliphatic carbocycles. The average Bonchev–Trinajstić information content (AvgIpc) is 2.76. The quantitative estimate of drug-likeness (QED) is 0.173. The van der Waals surface area contributed by atoms with Crippen molar-refractivity contribution in [3.05, 3.63) is 29.8 Å². The highest BCUT2D eigenvalue weighted by atomic mass is 16.1. The van der Waals surface area contributed by atoms with Crippen molar-refractivity contribution in [3.8, 4) is 6.07 Å². The number of carbonyl (C=O) groups excluding carboxylic acids is 1. The molecule has 3 nitrogen and oxygen atoms in total. The van der Waals surface area contributed by atoms with Crippen molar-refractivity contribution in [1.82, 2.24) is 0 Å². The monoisotopic (exact) mass is 412 g/mol. The van der Waals surface area contributed by atoms with Crippen molar-refractivity contribution in [1.29, 1.82) is 5.26 Å². The molecule has 0 saturated heterocycles. The first kappa shape index (κ1) is 26.2. The number of rotatable bonds is 20. The van der Waals surface area contributed by atoms with Gasteiger partial charge in [-0.1, -0.05) is 103 Å². The summed E-state index contributed by atoms with van der Waals surface area (Å²) in [7, 11) is 0. The van der Waals surface area contributed by atoms with Crippen LogP contribution < -0.4 is 5.32 Å². The summed E-state index contributed by atoms with van der Waals surface area (Å²) in [6.45, 7) is 3.26. The number of hydrogen-bond acceptors (Lipinski definition) is 3. The predicted octanol–water partition coefficient (Wildman–Crippen LogP) is 8.46. The van der Waals surface area contributed by atoms with Gasteiger partial charge in [-0.2, -0.15) is 5.26 Å². The van der Waals surface area contributed by atoms with Gasteiger partial charge in [-0.25, -0.2) is 0 Å². The number of Topliss-reactive ketones (excluding diaryl/α,β-unsaturated/α-hetero) is 1. The maximum atomic E-state index is 11.6. The summed E-state index contributed by atoms with van der Waals surface area (Å²) >= 11 is 0. The summed E-state index contributed by atoms with van der Waals surface area (Å²) in [6.07, 6.45) is 22.2. The third-order valence-electron chi connectivity index (χ3n) is 5.81. The molecule has 3 heteroatoms. The summed E-state index contributed by atoms with van der Waals surface area (Å²) < 4.78 is 0. The zero-order valence-corrected chi connectivity index (χ0v) is 19.4. The Morgan fingerprint density at radius 1 is 0.733 bits per heavy atom. The van der Waals surface area contributed by atoms with Crippen LogP contribution in [0.4, 0.5) is 5.69 Å².